The zero-order valence-electron chi connectivity index (χ0n) is 28.3. The molecule has 278 valence electrons. The van der Waals surface area contributed by atoms with E-state index >= 15 is 0 Å². The molecule has 5 N–H and O–H groups in total. The molecule has 4 amide bonds. The number of nitrogens with zero attached hydrogens (tertiary/aromatic N) is 4. The number of unbranched alkanes of at least 4 members (excludes halogenated alkanes) is 4. The Balaban J connectivity index is 2.25. The summed E-state index contributed by atoms with van der Waals surface area (Å²) >= 11 is 0. The normalized spacial score (nSPS) is 13.3. The molecular weight excluding hydrogens is 636 g/mol. The molecule has 1 heterocycles. The summed E-state index contributed by atoms with van der Waals surface area (Å²) in [5.41, 5.74) is 0. The van der Waals surface area contributed by atoms with Gasteiger partial charge in [-0.05, 0) is 32.2 Å². The zero-order chi connectivity index (χ0) is 35.4. The molecule has 1 aliphatic heterocycles. The highest BCUT2D eigenvalue weighted by Crippen LogP contribution is 2.13. The first-order valence-electron chi connectivity index (χ1n) is 16.8. The number of amides is 4. The van der Waals surface area contributed by atoms with E-state index in [0.29, 0.717) is 96.1 Å². The molecule has 1 fully saturated rings. The van der Waals surface area contributed by atoms with Gasteiger partial charge in [0, 0.05) is 84.6 Å². The first-order chi connectivity index (χ1) is 23.2. The number of hydrogen-bond acceptors (Lipinski definition) is 15. The van der Waals surface area contributed by atoms with E-state index in [1.165, 1.54) is 0 Å². The fourth-order valence-corrected chi connectivity index (χ4v) is 4.88. The molecule has 1 aliphatic rings. The maximum Gasteiger partial charge on any atom is 0.333 e. The number of nitrogens with one attached hydrogen (secondary N) is 2. The summed E-state index contributed by atoms with van der Waals surface area (Å²) < 4.78 is 0. The lowest BCUT2D eigenvalue weighted by atomic mass is 10.1. The number of hydroxylamine groups is 2. The molecule has 0 aromatic heterocycles. The molecule has 1 saturated heterocycles. The second-order valence-corrected chi connectivity index (χ2v) is 11.4. The van der Waals surface area contributed by atoms with Crippen molar-refractivity contribution in [1.82, 2.24) is 30.4 Å². The van der Waals surface area contributed by atoms with E-state index in [0.717, 1.165) is 19.4 Å². The van der Waals surface area contributed by atoms with Crippen LogP contribution >= 0.6 is 0 Å². The average molecular weight is 693 g/mol. The highest BCUT2D eigenvalue weighted by molar-refractivity contribution is 6.01. The van der Waals surface area contributed by atoms with Crippen LogP contribution in [0.1, 0.15) is 71.1 Å². The fraction of sp³-hybridized carbons (Fsp3) is 0.833. The monoisotopic (exact) mass is 692 g/mol. The Hall–Kier alpha value is -2.81. The van der Waals surface area contributed by atoms with Crippen LogP contribution < -0.4 is 10.6 Å². The van der Waals surface area contributed by atoms with Gasteiger partial charge in [-0.1, -0.05) is 19.8 Å². The van der Waals surface area contributed by atoms with Gasteiger partial charge in [0.25, 0.3) is 11.8 Å². The van der Waals surface area contributed by atoms with Gasteiger partial charge in [0.15, 0.2) is 0 Å². The molecule has 0 unspecified atom stereocenters. The molecule has 48 heavy (non-hydrogen) atoms. The molecular formula is C30H56N6O12. The molecule has 0 bridgehead atoms. The Kier molecular flexibility index (Phi) is 25.3. The molecule has 1 rings (SSSR count). The van der Waals surface area contributed by atoms with Crippen LogP contribution in [0.4, 0.5) is 0 Å². The molecule has 0 spiro atoms. The lowest BCUT2D eigenvalue weighted by Gasteiger charge is -2.29. The SMILES string of the molecule is CCN(CCOO)CCN(CCN(CCOO)CCOO)CC(=O)NCCCCCC(=O)NCCCCCC(=O)ON1C(=O)CCC1=O. The highest BCUT2D eigenvalue weighted by Gasteiger charge is 2.32. The predicted molar refractivity (Wildman–Crippen MR) is 171 cm³/mol. The molecule has 0 radical (unpaired) electrons. The Morgan fingerprint density at radius 1 is 0.646 bits per heavy atom. The maximum absolute atomic E-state index is 12.7. The predicted octanol–water partition coefficient (Wildman–Crippen LogP) is 0.342. The average Bonchev–Trinajstić information content (AvgIpc) is 3.39. The van der Waals surface area contributed by atoms with Crippen LogP contribution in [-0.2, 0) is 43.5 Å². The number of carbonyl (C=O) groups is 5. The summed E-state index contributed by atoms with van der Waals surface area (Å²) in [6.45, 7) is 7.99. The summed E-state index contributed by atoms with van der Waals surface area (Å²) in [5.74, 6) is -1.81. The van der Waals surface area contributed by atoms with Gasteiger partial charge >= 0.3 is 5.97 Å². The van der Waals surface area contributed by atoms with E-state index in [-0.39, 0.29) is 57.4 Å². The van der Waals surface area contributed by atoms with Crippen LogP contribution in [0.25, 0.3) is 0 Å². The number of hydrogen-bond donors (Lipinski definition) is 5. The number of likely N-dealkylation sites (N-methyl/N-ethyl adjacent to an activating group) is 1. The summed E-state index contributed by atoms with van der Waals surface area (Å²) in [6, 6.07) is 0. The van der Waals surface area contributed by atoms with Gasteiger partial charge in [0.05, 0.1) is 26.4 Å². The van der Waals surface area contributed by atoms with Crippen LogP contribution in [-0.4, -0.2) is 157 Å². The number of rotatable bonds is 31. The van der Waals surface area contributed by atoms with E-state index in [9.17, 15) is 24.0 Å². The molecule has 18 heteroatoms. The largest absolute Gasteiger partial charge is 0.356 e. The lowest BCUT2D eigenvalue weighted by Crippen LogP contribution is -2.45. The minimum Gasteiger partial charge on any atom is -0.356 e. The summed E-state index contributed by atoms with van der Waals surface area (Å²) in [4.78, 5) is 83.1. The molecule has 18 nitrogen and oxygen atoms in total. The van der Waals surface area contributed by atoms with Crippen LogP contribution in [0.2, 0.25) is 0 Å². The summed E-state index contributed by atoms with van der Waals surface area (Å²) in [7, 11) is 0. The second kappa shape index (κ2) is 28.1. The Bertz CT molecular complexity index is 907. The standard InChI is InChI=1S/C30H56N6O12/c1-2-33(19-22-45-42)15-17-35(18-16-34(20-23-46-43)21-24-47-44)25-27(38)32-14-7-3-5-9-26(37)31-13-8-4-6-10-30(41)48-36-28(39)11-12-29(36)40/h42-44H,2-25H2,1H3,(H,31,37)(H,32,38). The van der Waals surface area contributed by atoms with E-state index < -0.39 is 17.8 Å². The summed E-state index contributed by atoms with van der Waals surface area (Å²) in [6.07, 6.45) is 4.64. The maximum atomic E-state index is 12.7. The Labute approximate surface area is 282 Å². The number of carbonyl (C=O) groups excluding carboxylic acids is 5. The van der Waals surface area contributed by atoms with Gasteiger partial charge < -0.3 is 15.5 Å². The van der Waals surface area contributed by atoms with Gasteiger partial charge in [0.2, 0.25) is 11.8 Å². The molecule has 0 aromatic rings. The minimum absolute atomic E-state index is 0.0566. The first kappa shape index (κ1) is 43.2. The van der Waals surface area contributed by atoms with Gasteiger partial charge in [-0.15, -0.1) is 5.06 Å². The van der Waals surface area contributed by atoms with Crippen molar-refractivity contribution in [1.29, 1.82) is 0 Å². The third-order valence-corrected chi connectivity index (χ3v) is 7.76. The van der Waals surface area contributed by atoms with Crippen LogP contribution in [0, 0.1) is 0 Å². The van der Waals surface area contributed by atoms with Gasteiger partial charge in [-0.3, -0.25) is 49.6 Å². The van der Waals surface area contributed by atoms with Crippen LogP contribution in [0.15, 0.2) is 0 Å². The van der Waals surface area contributed by atoms with Gasteiger partial charge in [-0.25, -0.2) is 19.5 Å². The van der Waals surface area contributed by atoms with E-state index in [4.69, 9.17) is 20.6 Å². The Morgan fingerprint density at radius 2 is 1.12 bits per heavy atom. The molecule has 0 atom stereocenters. The smallest absolute Gasteiger partial charge is 0.333 e. The fourth-order valence-electron chi connectivity index (χ4n) is 4.88. The van der Waals surface area contributed by atoms with Gasteiger partial charge in [0.1, 0.15) is 0 Å². The van der Waals surface area contributed by atoms with E-state index in [1.54, 1.807) is 0 Å². The second-order valence-electron chi connectivity index (χ2n) is 11.4. The van der Waals surface area contributed by atoms with Crippen LogP contribution in [0.5, 0.6) is 0 Å². The third kappa shape index (κ3) is 21.2. The number of imide groups is 1. The van der Waals surface area contributed by atoms with Crippen molar-refractivity contribution < 1.29 is 59.2 Å². The van der Waals surface area contributed by atoms with Crippen molar-refractivity contribution in [3.05, 3.63) is 0 Å². The molecule has 0 aromatic carbocycles. The van der Waals surface area contributed by atoms with Crippen molar-refractivity contribution in [2.24, 2.45) is 0 Å². The highest BCUT2D eigenvalue weighted by atomic mass is 17.1. The van der Waals surface area contributed by atoms with Crippen molar-refractivity contribution in [2.45, 2.75) is 71.1 Å². The third-order valence-electron chi connectivity index (χ3n) is 7.76. The van der Waals surface area contributed by atoms with Crippen LogP contribution in [0.3, 0.4) is 0 Å². The van der Waals surface area contributed by atoms with E-state index in [1.807, 2.05) is 16.7 Å². The molecule has 0 aliphatic carbocycles. The van der Waals surface area contributed by atoms with Crippen molar-refractivity contribution in [3.63, 3.8) is 0 Å². The summed E-state index contributed by atoms with van der Waals surface area (Å²) in [5, 5.41) is 32.4. The molecule has 0 saturated carbocycles. The van der Waals surface area contributed by atoms with Crippen molar-refractivity contribution >= 4 is 29.6 Å². The zero-order valence-corrected chi connectivity index (χ0v) is 28.3. The topological polar surface area (TPSA) is 220 Å². The van der Waals surface area contributed by atoms with E-state index in [2.05, 4.69) is 30.2 Å². The van der Waals surface area contributed by atoms with Crippen molar-refractivity contribution in [2.75, 3.05) is 91.8 Å². The van der Waals surface area contributed by atoms with Gasteiger partial charge in [-0.2, -0.15) is 0 Å². The lowest BCUT2D eigenvalue weighted by molar-refractivity contribution is -0.251. The van der Waals surface area contributed by atoms with Crippen molar-refractivity contribution in [3.8, 4) is 0 Å². The Morgan fingerprint density at radius 3 is 1.67 bits per heavy atom. The minimum atomic E-state index is -0.625. The quantitative estimate of drug-likeness (QED) is 0.0286. The first-order valence-corrected chi connectivity index (χ1v) is 16.8.